The normalized spacial score (nSPS) is 11.4. The fourth-order valence-corrected chi connectivity index (χ4v) is 1.67. The van der Waals surface area contributed by atoms with Gasteiger partial charge in [-0.3, -0.25) is 0 Å². The maximum atomic E-state index is 5.34. The molecular weight excluding hydrogens is 200 g/mol. The van der Waals surface area contributed by atoms with Crippen LogP contribution in [0.4, 0.5) is 0 Å². The van der Waals surface area contributed by atoms with Crippen molar-refractivity contribution in [2.45, 2.75) is 26.2 Å². The van der Waals surface area contributed by atoms with Crippen molar-refractivity contribution >= 4 is 22.7 Å². The molecule has 0 amide bonds. The van der Waals surface area contributed by atoms with Crippen molar-refractivity contribution in [3.63, 3.8) is 0 Å². The van der Waals surface area contributed by atoms with E-state index in [2.05, 4.69) is 38.5 Å². The minimum Gasteiger partial charge on any atom is -0.414 e. The summed E-state index contributed by atoms with van der Waals surface area (Å²) in [7, 11) is 0. The predicted octanol–water partition coefficient (Wildman–Crippen LogP) is 3.86. The van der Waals surface area contributed by atoms with E-state index >= 15 is 0 Å². The second kappa shape index (κ2) is 4.29. The number of hydrogen-bond acceptors (Lipinski definition) is 3. The first kappa shape index (κ1) is 10.8. The molecule has 0 atom stereocenters. The third-order valence-electron chi connectivity index (χ3n) is 1.82. The van der Waals surface area contributed by atoms with Crippen molar-refractivity contribution in [3.05, 3.63) is 29.8 Å². The van der Waals surface area contributed by atoms with E-state index in [0.717, 1.165) is 16.8 Å². The fraction of sp³-hybridized carbons (Fsp3) is 0.400. The molecule has 0 aromatic heterocycles. The van der Waals surface area contributed by atoms with Crippen molar-refractivity contribution in [3.8, 4) is 5.75 Å². The Balaban J connectivity index is 3.05. The van der Waals surface area contributed by atoms with Crippen LogP contribution in [-0.2, 0) is 5.41 Å². The minimum atomic E-state index is 0.111. The van der Waals surface area contributed by atoms with Gasteiger partial charge in [-0.05, 0) is 11.5 Å². The Bertz CT molecular complexity index is 278. The van der Waals surface area contributed by atoms with Crippen LogP contribution in [0.15, 0.2) is 24.3 Å². The topological polar surface area (TPSA) is 9.23 Å². The second-order valence-electron chi connectivity index (χ2n) is 3.90. The van der Waals surface area contributed by atoms with Gasteiger partial charge in [0.05, 0.1) is 0 Å². The molecule has 0 radical (unpaired) electrons. The Kier molecular flexibility index (Phi) is 3.56. The summed E-state index contributed by atoms with van der Waals surface area (Å²) in [5.74, 6) is 0.898. The van der Waals surface area contributed by atoms with Gasteiger partial charge in [-0.2, -0.15) is 0 Å². The van der Waals surface area contributed by atoms with Crippen molar-refractivity contribution < 1.29 is 4.18 Å². The van der Waals surface area contributed by atoms with Crippen LogP contribution >= 0.6 is 22.7 Å². The Labute approximate surface area is 88.9 Å². The van der Waals surface area contributed by atoms with E-state index in [1.807, 2.05) is 18.2 Å². The van der Waals surface area contributed by atoms with Crippen LogP contribution < -0.4 is 4.18 Å². The summed E-state index contributed by atoms with van der Waals surface area (Å²) in [5.41, 5.74) is 1.32. The highest BCUT2D eigenvalue weighted by atomic mass is 33.1. The van der Waals surface area contributed by atoms with Crippen LogP contribution in [0.2, 0.25) is 0 Å². The van der Waals surface area contributed by atoms with E-state index < -0.39 is 0 Å². The molecule has 0 saturated carbocycles. The first-order valence-corrected chi connectivity index (χ1v) is 5.92. The standard InChI is InChI=1S/C10H14OS2/c1-10(2,3)8-6-4-5-7-9(8)11-13-12/h4-7,12H,1-3H3. The third-order valence-corrected chi connectivity index (χ3v) is 2.30. The molecule has 0 aliphatic carbocycles. The summed E-state index contributed by atoms with van der Waals surface area (Å²) in [6.07, 6.45) is 0. The van der Waals surface area contributed by atoms with Crippen LogP contribution in [0.3, 0.4) is 0 Å². The first-order chi connectivity index (χ1) is 6.05. The van der Waals surface area contributed by atoms with E-state index in [-0.39, 0.29) is 5.41 Å². The molecule has 13 heavy (non-hydrogen) atoms. The molecule has 0 aliphatic heterocycles. The van der Waals surface area contributed by atoms with Crippen molar-refractivity contribution in [2.75, 3.05) is 0 Å². The van der Waals surface area contributed by atoms with Crippen molar-refractivity contribution in [1.82, 2.24) is 0 Å². The Morgan fingerprint density at radius 2 is 1.85 bits per heavy atom. The molecule has 0 bridgehead atoms. The lowest BCUT2D eigenvalue weighted by atomic mass is 9.86. The number of hydrogen-bond donors (Lipinski definition) is 1. The third kappa shape index (κ3) is 2.85. The Morgan fingerprint density at radius 3 is 2.38 bits per heavy atom. The van der Waals surface area contributed by atoms with Gasteiger partial charge >= 0.3 is 0 Å². The highest BCUT2D eigenvalue weighted by Crippen LogP contribution is 2.33. The van der Waals surface area contributed by atoms with Gasteiger partial charge in [0.1, 0.15) is 16.8 Å². The molecule has 1 rings (SSSR count). The Morgan fingerprint density at radius 1 is 1.23 bits per heavy atom. The zero-order valence-electron chi connectivity index (χ0n) is 8.07. The summed E-state index contributed by atoms with van der Waals surface area (Å²) >= 11 is 5.05. The maximum Gasteiger partial charge on any atom is 0.142 e. The summed E-state index contributed by atoms with van der Waals surface area (Å²) in [4.78, 5) is 0. The number of rotatable bonds is 2. The van der Waals surface area contributed by atoms with Gasteiger partial charge in [0, 0.05) is 5.56 Å². The van der Waals surface area contributed by atoms with Crippen LogP contribution in [0.1, 0.15) is 26.3 Å². The molecule has 0 saturated heterocycles. The molecule has 0 aliphatic rings. The molecule has 72 valence electrons. The SMILES string of the molecule is CC(C)(C)c1ccccc1OSS. The van der Waals surface area contributed by atoms with Crippen LogP contribution in [-0.4, -0.2) is 0 Å². The van der Waals surface area contributed by atoms with Gasteiger partial charge in [0.2, 0.25) is 0 Å². The molecule has 0 heterocycles. The fourth-order valence-electron chi connectivity index (χ4n) is 1.20. The van der Waals surface area contributed by atoms with Gasteiger partial charge in [-0.15, -0.1) is 0 Å². The van der Waals surface area contributed by atoms with E-state index in [1.54, 1.807) is 0 Å². The summed E-state index contributed by atoms with van der Waals surface area (Å²) in [5, 5.41) is 0. The van der Waals surface area contributed by atoms with E-state index in [1.165, 1.54) is 5.56 Å². The first-order valence-electron chi connectivity index (χ1n) is 4.13. The number of benzene rings is 1. The quantitative estimate of drug-likeness (QED) is 0.455. The molecule has 0 N–H and O–H groups in total. The average Bonchev–Trinajstić information content (AvgIpc) is 2.04. The van der Waals surface area contributed by atoms with E-state index in [9.17, 15) is 0 Å². The van der Waals surface area contributed by atoms with Gasteiger partial charge in [0.15, 0.2) is 0 Å². The monoisotopic (exact) mass is 214 g/mol. The van der Waals surface area contributed by atoms with Crippen LogP contribution in [0.25, 0.3) is 0 Å². The lowest BCUT2D eigenvalue weighted by molar-refractivity contribution is 0.549. The molecule has 1 nitrogen and oxygen atoms in total. The summed E-state index contributed by atoms with van der Waals surface area (Å²) in [6, 6.07) is 8.04. The van der Waals surface area contributed by atoms with Gasteiger partial charge < -0.3 is 4.18 Å². The summed E-state index contributed by atoms with van der Waals surface area (Å²) < 4.78 is 5.34. The molecular formula is C10H14OS2. The molecule has 0 fully saturated rings. The second-order valence-corrected chi connectivity index (χ2v) is 4.67. The average molecular weight is 214 g/mol. The summed E-state index contributed by atoms with van der Waals surface area (Å²) in [6.45, 7) is 6.50. The van der Waals surface area contributed by atoms with Gasteiger partial charge in [0.25, 0.3) is 0 Å². The molecule has 0 unspecified atom stereocenters. The lowest BCUT2D eigenvalue weighted by Gasteiger charge is -2.21. The zero-order chi connectivity index (χ0) is 9.90. The predicted molar refractivity (Wildman–Crippen MR) is 62.3 cm³/mol. The van der Waals surface area contributed by atoms with Gasteiger partial charge in [-0.25, -0.2) is 0 Å². The van der Waals surface area contributed by atoms with Gasteiger partial charge in [-0.1, -0.05) is 50.6 Å². The van der Waals surface area contributed by atoms with Crippen molar-refractivity contribution in [2.24, 2.45) is 0 Å². The van der Waals surface area contributed by atoms with E-state index in [0.29, 0.717) is 0 Å². The van der Waals surface area contributed by atoms with Crippen LogP contribution in [0, 0.1) is 0 Å². The number of para-hydroxylation sites is 1. The molecule has 3 heteroatoms. The molecule has 1 aromatic carbocycles. The van der Waals surface area contributed by atoms with E-state index in [4.69, 9.17) is 4.18 Å². The molecule has 1 aromatic rings. The zero-order valence-corrected chi connectivity index (χ0v) is 9.78. The minimum absolute atomic E-state index is 0.111. The van der Waals surface area contributed by atoms with Crippen LogP contribution in [0.5, 0.6) is 5.75 Å². The van der Waals surface area contributed by atoms with Crippen molar-refractivity contribution in [1.29, 1.82) is 0 Å². The lowest BCUT2D eigenvalue weighted by Crippen LogP contribution is -2.11. The Hall–Kier alpha value is -0.280. The number of thiol groups is 1. The smallest absolute Gasteiger partial charge is 0.142 e. The maximum absolute atomic E-state index is 5.34. The molecule has 0 spiro atoms. The highest BCUT2D eigenvalue weighted by molar-refractivity contribution is 8.66. The highest BCUT2D eigenvalue weighted by Gasteiger charge is 2.18. The largest absolute Gasteiger partial charge is 0.414 e.